The van der Waals surface area contributed by atoms with Gasteiger partial charge < -0.3 is 9.84 Å². The first kappa shape index (κ1) is 9.52. The zero-order chi connectivity index (χ0) is 8.81. The van der Waals surface area contributed by atoms with E-state index in [1.54, 1.807) is 0 Å². The minimum absolute atomic E-state index is 0.0730. The normalized spacial score (nSPS) is 18.1. The van der Waals surface area contributed by atoms with Gasteiger partial charge in [-0.2, -0.15) is 0 Å². The zero-order valence-electron chi connectivity index (χ0n) is 7.29. The molecule has 0 unspecified atom stereocenters. The average molecular weight is 172 g/mol. The van der Waals surface area contributed by atoms with Gasteiger partial charge in [0.1, 0.15) is 6.61 Å². The summed E-state index contributed by atoms with van der Waals surface area (Å²) in [5.74, 6) is 0.382. The molecular weight excluding hydrogens is 156 g/mol. The van der Waals surface area contributed by atoms with Crippen molar-refractivity contribution in [3.63, 3.8) is 0 Å². The lowest BCUT2D eigenvalue weighted by atomic mass is 10.1. The number of hydrogen-bond acceptors (Lipinski definition) is 3. The van der Waals surface area contributed by atoms with Crippen molar-refractivity contribution in [2.45, 2.75) is 32.1 Å². The van der Waals surface area contributed by atoms with Crippen molar-refractivity contribution in [3.05, 3.63) is 0 Å². The lowest BCUT2D eigenvalue weighted by Crippen LogP contribution is -2.11. The van der Waals surface area contributed by atoms with Crippen molar-refractivity contribution < 1.29 is 14.6 Å². The molecule has 1 saturated carbocycles. The molecule has 1 N–H and O–H groups in total. The van der Waals surface area contributed by atoms with E-state index in [2.05, 4.69) is 0 Å². The molecular formula is C9H16O3. The third-order valence-electron chi connectivity index (χ3n) is 2.28. The first-order valence-corrected chi connectivity index (χ1v) is 4.59. The third kappa shape index (κ3) is 3.22. The van der Waals surface area contributed by atoms with Crippen LogP contribution in [-0.2, 0) is 9.53 Å². The second kappa shape index (κ2) is 5.14. The van der Waals surface area contributed by atoms with Crippen LogP contribution in [0.15, 0.2) is 0 Å². The monoisotopic (exact) mass is 172 g/mol. The van der Waals surface area contributed by atoms with E-state index in [1.807, 2.05) is 0 Å². The quantitative estimate of drug-likeness (QED) is 0.646. The van der Waals surface area contributed by atoms with Crippen molar-refractivity contribution in [2.24, 2.45) is 5.92 Å². The molecule has 1 aliphatic carbocycles. The number of esters is 1. The lowest BCUT2D eigenvalue weighted by molar-refractivity contribution is -0.145. The largest absolute Gasteiger partial charge is 0.463 e. The summed E-state index contributed by atoms with van der Waals surface area (Å²) in [6.07, 6.45) is 5.36. The highest BCUT2D eigenvalue weighted by molar-refractivity contribution is 5.69. The number of aliphatic hydroxyl groups excluding tert-OH is 1. The Kier molecular flexibility index (Phi) is 4.08. The molecule has 0 aromatic rings. The Labute approximate surface area is 72.7 Å². The molecule has 0 aromatic heterocycles. The molecule has 0 spiro atoms. The van der Waals surface area contributed by atoms with Crippen LogP contribution < -0.4 is 0 Å². The van der Waals surface area contributed by atoms with Gasteiger partial charge in [-0.15, -0.1) is 0 Å². The minimum atomic E-state index is -0.157. The second-order valence-electron chi connectivity index (χ2n) is 3.30. The predicted molar refractivity (Wildman–Crippen MR) is 44.6 cm³/mol. The summed E-state index contributed by atoms with van der Waals surface area (Å²) in [6.45, 7) is 0.0714. The lowest BCUT2D eigenvalue weighted by Gasteiger charge is -2.07. The maximum atomic E-state index is 11.0. The average Bonchev–Trinajstić information content (AvgIpc) is 2.53. The van der Waals surface area contributed by atoms with Gasteiger partial charge in [0.15, 0.2) is 0 Å². The Morgan fingerprint density at radius 2 is 2.08 bits per heavy atom. The molecule has 70 valence electrons. The highest BCUT2D eigenvalue weighted by Gasteiger charge is 2.18. The number of carbonyl (C=O) groups is 1. The van der Waals surface area contributed by atoms with Gasteiger partial charge in [-0.25, -0.2) is 0 Å². The van der Waals surface area contributed by atoms with Crippen LogP contribution in [0.1, 0.15) is 32.1 Å². The van der Waals surface area contributed by atoms with E-state index in [0.717, 1.165) is 12.8 Å². The van der Waals surface area contributed by atoms with Crippen LogP contribution in [0.25, 0.3) is 0 Å². The van der Waals surface area contributed by atoms with Crippen LogP contribution >= 0.6 is 0 Å². The van der Waals surface area contributed by atoms with Crippen molar-refractivity contribution in [1.82, 2.24) is 0 Å². The summed E-state index contributed by atoms with van der Waals surface area (Å²) in [5.41, 5.74) is 0. The minimum Gasteiger partial charge on any atom is -0.463 e. The van der Waals surface area contributed by atoms with E-state index in [0.29, 0.717) is 12.3 Å². The van der Waals surface area contributed by atoms with Crippen molar-refractivity contribution in [2.75, 3.05) is 13.2 Å². The third-order valence-corrected chi connectivity index (χ3v) is 2.28. The highest BCUT2D eigenvalue weighted by atomic mass is 16.5. The number of rotatable bonds is 4. The van der Waals surface area contributed by atoms with Gasteiger partial charge in [-0.3, -0.25) is 4.79 Å². The number of carbonyl (C=O) groups excluding carboxylic acids is 1. The molecule has 1 fully saturated rings. The summed E-state index contributed by atoms with van der Waals surface area (Å²) in [4.78, 5) is 11.0. The Morgan fingerprint density at radius 3 is 2.67 bits per heavy atom. The molecule has 0 amide bonds. The summed E-state index contributed by atoms with van der Waals surface area (Å²) in [5, 5.41) is 8.40. The fraction of sp³-hybridized carbons (Fsp3) is 0.889. The number of ether oxygens (including phenoxy) is 1. The summed E-state index contributed by atoms with van der Waals surface area (Å²) in [7, 11) is 0. The smallest absolute Gasteiger partial charge is 0.306 e. The molecule has 0 radical (unpaired) electrons. The molecule has 0 bridgehead atoms. The van der Waals surface area contributed by atoms with E-state index in [1.165, 1.54) is 12.8 Å². The van der Waals surface area contributed by atoms with Crippen LogP contribution in [0, 0.1) is 5.92 Å². The van der Waals surface area contributed by atoms with E-state index in [4.69, 9.17) is 9.84 Å². The van der Waals surface area contributed by atoms with Crippen molar-refractivity contribution in [1.29, 1.82) is 0 Å². The standard InChI is InChI=1S/C9H16O3/c10-5-6-12-9(11)7-8-3-1-2-4-8/h8,10H,1-7H2. The Bertz CT molecular complexity index is 139. The summed E-state index contributed by atoms with van der Waals surface area (Å²) in [6, 6.07) is 0. The molecule has 0 saturated heterocycles. The molecule has 3 nitrogen and oxygen atoms in total. The van der Waals surface area contributed by atoms with E-state index >= 15 is 0 Å². The van der Waals surface area contributed by atoms with Crippen LogP contribution in [0.4, 0.5) is 0 Å². The van der Waals surface area contributed by atoms with Gasteiger partial charge in [-0.05, 0) is 18.8 Å². The molecule has 0 heterocycles. The fourth-order valence-corrected chi connectivity index (χ4v) is 1.67. The first-order chi connectivity index (χ1) is 5.83. The molecule has 12 heavy (non-hydrogen) atoms. The van der Waals surface area contributed by atoms with Gasteiger partial charge >= 0.3 is 5.97 Å². The van der Waals surface area contributed by atoms with Crippen LogP contribution in [0.5, 0.6) is 0 Å². The molecule has 1 aliphatic rings. The van der Waals surface area contributed by atoms with Crippen molar-refractivity contribution in [3.8, 4) is 0 Å². The number of hydrogen-bond donors (Lipinski definition) is 1. The van der Waals surface area contributed by atoms with Gasteiger partial charge in [0.2, 0.25) is 0 Å². The molecule has 3 heteroatoms. The Hall–Kier alpha value is -0.570. The summed E-state index contributed by atoms with van der Waals surface area (Å²) < 4.78 is 4.76. The summed E-state index contributed by atoms with van der Waals surface area (Å²) >= 11 is 0. The van der Waals surface area contributed by atoms with Crippen LogP contribution in [0.2, 0.25) is 0 Å². The zero-order valence-corrected chi connectivity index (χ0v) is 7.29. The van der Waals surface area contributed by atoms with E-state index in [-0.39, 0.29) is 19.2 Å². The molecule has 1 rings (SSSR count). The first-order valence-electron chi connectivity index (χ1n) is 4.59. The Morgan fingerprint density at radius 1 is 1.42 bits per heavy atom. The maximum absolute atomic E-state index is 11.0. The predicted octanol–water partition coefficient (Wildman–Crippen LogP) is 1.10. The van der Waals surface area contributed by atoms with Crippen LogP contribution in [0.3, 0.4) is 0 Å². The second-order valence-corrected chi connectivity index (χ2v) is 3.30. The van der Waals surface area contributed by atoms with E-state index in [9.17, 15) is 4.79 Å². The van der Waals surface area contributed by atoms with Crippen molar-refractivity contribution >= 4 is 5.97 Å². The van der Waals surface area contributed by atoms with Crippen LogP contribution in [-0.4, -0.2) is 24.3 Å². The van der Waals surface area contributed by atoms with Gasteiger partial charge in [0.05, 0.1) is 6.61 Å². The van der Waals surface area contributed by atoms with E-state index < -0.39 is 0 Å². The fourth-order valence-electron chi connectivity index (χ4n) is 1.67. The molecule has 0 aromatic carbocycles. The SMILES string of the molecule is O=C(CC1CCCC1)OCCO. The van der Waals surface area contributed by atoms with Gasteiger partial charge in [0, 0.05) is 6.42 Å². The highest BCUT2D eigenvalue weighted by Crippen LogP contribution is 2.27. The molecule has 0 atom stereocenters. The molecule has 0 aliphatic heterocycles. The topological polar surface area (TPSA) is 46.5 Å². The Balaban J connectivity index is 2.08. The van der Waals surface area contributed by atoms with Gasteiger partial charge in [-0.1, -0.05) is 12.8 Å². The maximum Gasteiger partial charge on any atom is 0.306 e. The van der Waals surface area contributed by atoms with Gasteiger partial charge in [0.25, 0.3) is 0 Å². The number of aliphatic hydroxyl groups is 1.